The Hall–Kier alpha value is -1.36. The highest BCUT2D eigenvalue weighted by Crippen LogP contribution is 2.24. The van der Waals surface area contributed by atoms with E-state index in [1.807, 2.05) is 30.5 Å². The lowest BCUT2D eigenvalue weighted by Gasteiger charge is -2.16. The topological polar surface area (TPSA) is 88.1 Å². The maximum atomic E-state index is 9.59. The molecule has 0 aliphatic rings. The minimum atomic E-state index is -0.704. The van der Waals surface area contributed by atoms with E-state index in [2.05, 4.69) is 4.98 Å². The largest absolute Gasteiger partial charge is 0.390 e. The third-order valence-electron chi connectivity index (χ3n) is 2.64. The maximum Gasteiger partial charge on any atom is 0.0855 e. The molecule has 2 atom stereocenters. The molecule has 0 bridgehead atoms. The fourth-order valence-electron chi connectivity index (χ4n) is 1.72. The van der Waals surface area contributed by atoms with Gasteiger partial charge in [-0.1, -0.05) is 18.2 Å². The van der Waals surface area contributed by atoms with Crippen molar-refractivity contribution in [2.45, 2.75) is 12.1 Å². The second kappa shape index (κ2) is 4.02. The van der Waals surface area contributed by atoms with Gasteiger partial charge in [-0.05, 0) is 11.6 Å². The lowest BCUT2D eigenvalue weighted by Crippen LogP contribution is -2.32. The Kier molecular flexibility index (Phi) is 2.73. The highest BCUT2D eigenvalue weighted by Gasteiger charge is 2.18. The molecule has 0 saturated carbocycles. The van der Waals surface area contributed by atoms with E-state index in [1.165, 1.54) is 0 Å². The van der Waals surface area contributed by atoms with Gasteiger partial charge in [-0.15, -0.1) is 0 Å². The highest BCUT2D eigenvalue weighted by molar-refractivity contribution is 5.83. The van der Waals surface area contributed by atoms with Crippen LogP contribution >= 0.6 is 0 Å². The maximum absolute atomic E-state index is 9.59. The average molecular weight is 205 g/mol. The second-order valence-corrected chi connectivity index (χ2v) is 3.62. The van der Waals surface area contributed by atoms with Crippen LogP contribution in [0, 0.1) is 0 Å². The molecule has 0 radical (unpaired) electrons. The van der Waals surface area contributed by atoms with Crippen molar-refractivity contribution < 1.29 is 5.11 Å². The molecule has 2 unspecified atom stereocenters. The molecule has 0 saturated heterocycles. The Morgan fingerprint density at radius 2 is 2.07 bits per heavy atom. The Bertz CT molecular complexity index is 452. The number of nitrogens with two attached hydrogens (primary N) is 2. The van der Waals surface area contributed by atoms with Crippen molar-refractivity contribution in [2.24, 2.45) is 11.5 Å². The Morgan fingerprint density at radius 3 is 2.80 bits per heavy atom. The molecular weight excluding hydrogens is 190 g/mol. The fraction of sp³-hybridized carbons (Fsp3) is 0.273. The van der Waals surface area contributed by atoms with E-state index in [9.17, 15) is 5.11 Å². The van der Waals surface area contributed by atoms with Crippen LogP contribution in [0.3, 0.4) is 0 Å². The van der Waals surface area contributed by atoms with Crippen LogP contribution in [0.5, 0.6) is 0 Å². The summed E-state index contributed by atoms with van der Waals surface area (Å²) in [5, 5.41) is 10.6. The molecule has 80 valence electrons. The summed E-state index contributed by atoms with van der Waals surface area (Å²) in [4.78, 5) is 3.12. The molecule has 2 rings (SSSR count). The number of para-hydroxylation sites is 1. The summed E-state index contributed by atoms with van der Waals surface area (Å²) in [6.07, 6.45) is 1.12. The molecule has 0 fully saturated rings. The first-order valence-corrected chi connectivity index (χ1v) is 4.93. The Balaban J connectivity index is 2.43. The normalized spacial score (nSPS) is 15.4. The van der Waals surface area contributed by atoms with Crippen molar-refractivity contribution in [2.75, 3.05) is 6.54 Å². The number of hydrogen-bond donors (Lipinski definition) is 4. The Labute approximate surface area is 87.9 Å². The predicted octanol–water partition coefficient (Wildman–Crippen LogP) is 0.487. The molecule has 1 aromatic carbocycles. The van der Waals surface area contributed by atoms with E-state index in [1.54, 1.807) is 0 Å². The molecule has 0 aliphatic heterocycles. The van der Waals surface area contributed by atoms with E-state index in [4.69, 9.17) is 11.5 Å². The van der Waals surface area contributed by atoms with E-state index >= 15 is 0 Å². The Morgan fingerprint density at radius 1 is 1.33 bits per heavy atom. The number of aliphatic hydroxyl groups is 1. The lowest BCUT2D eigenvalue weighted by atomic mass is 10.0. The van der Waals surface area contributed by atoms with Gasteiger partial charge in [0.05, 0.1) is 12.1 Å². The zero-order chi connectivity index (χ0) is 10.8. The fourth-order valence-corrected chi connectivity index (χ4v) is 1.72. The van der Waals surface area contributed by atoms with Crippen LogP contribution in [0.25, 0.3) is 10.9 Å². The monoisotopic (exact) mass is 205 g/mol. The standard InChI is InChI=1S/C11H15N3O/c12-5-10(15)11(13)8-6-14-9-4-2-1-3-7(8)9/h1-4,6,10-11,14-15H,5,12-13H2. The number of fused-ring (bicyclic) bond motifs is 1. The van der Waals surface area contributed by atoms with Crippen LogP contribution in [0.2, 0.25) is 0 Å². The van der Waals surface area contributed by atoms with Gasteiger partial charge in [0.15, 0.2) is 0 Å². The van der Waals surface area contributed by atoms with Crippen LogP contribution in [0.15, 0.2) is 30.5 Å². The number of hydrogen-bond acceptors (Lipinski definition) is 3. The lowest BCUT2D eigenvalue weighted by molar-refractivity contribution is 0.153. The minimum absolute atomic E-state index is 0.167. The van der Waals surface area contributed by atoms with Crippen molar-refractivity contribution in [3.8, 4) is 0 Å². The first-order valence-electron chi connectivity index (χ1n) is 4.93. The van der Waals surface area contributed by atoms with Crippen LogP contribution in [0.1, 0.15) is 11.6 Å². The first kappa shape index (κ1) is 10.2. The number of nitrogens with one attached hydrogen (secondary N) is 1. The van der Waals surface area contributed by atoms with Crippen molar-refractivity contribution in [3.63, 3.8) is 0 Å². The van der Waals surface area contributed by atoms with Crippen LogP contribution in [0.4, 0.5) is 0 Å². The van der Waals surface area contributed by atoms with E-state index in [0.29, 0.717) is 0 Å². The number of H-pyrrole nitrogens is 1. The van der Waals surface area contributed by atoms with Gasteiger partial charge in [0.25, 0.3) is 0 Å². The van der Waals surface area contributed by atoms with Crippen molar-refractivity contribution >= 4 is 10.9 Å². The number of rotatable bonds is 3. The molecule has 1 aromatic heterocycles. The van der Waals surface area contributed by atoms with Gasteiger partial charge in [0.1, 0.15) is 0 Å². The van der Waals surface area contributed by atoms with Crippen molar-refractivity contribution in [1.29, 1.82) is 0 Å². The summed E-state index contributed by atoms with van der Waals surface area (Å²) in [5.41, 5.74) is 13.2. The third kappa shape index (κ3) is 1.74. The molecule has 6 N–H and O–H groups in total. The molecule has 0 aliphatic carbocycles. The summed E-state index contributed by atoms with van der Waals surface area (Å²) in [6, 6.07) is 7.41. The molecule has 15 heavy (non-hydrogen) atoms. The second-order valence-electron chi connectivity index (χ2n) is 3.62. The van der Waals surface area contributed by atoms with E-state index in [-0.39, 0.29) is 6.54 Å². The predicted molar refractivity (Wildman–Crippen MR) is 60.3 cm³/mol. The van der Waals surface area contributed by atoms with E-state index < -0.39 is 12.1 Å². The summed E-state index contributed by atoms with van der Waals surface area (Å²) in [6.45, 7) is 0.167. The quantitative estimate of drug-likeness (QED) is 0.588. The SMILES string of the molecule is NCC(O)C(N)c1c[nH]c2ccccc12. The van der Waals surface area contributed by atoms with Gasteiger partial charge >= 0.3 is 0 Å². The van der Waals surface area contributed by atoms with Crippen molar-refractivity contribution in [3.05, 3.63) is 36.0 Å². The van der Waals surface area contributed by atoms with Gasteiger partial charge in [0.2, 0.25) is 0 Å². The van der Waals surface area contributed by atoms with Gasteiger partial charge < -0.3 is 21.6 Å². The highest BCUT2D eigenvalue weighted by atomic mass is 16.3. The number of benzene rings is 1. The molecule has 2 aromatic rings. The minimum Gasteiger partial charge on any atom is -0.390 e. The summed E-state index contributed by atoms with van der Waals surface area (Å²) in [7, 11) is 0. The summed E-state index contributed by atoms with van der Waals surface area (Å²) >= 11 is 0. The zero-order valence-electron chi connectivity index (χ0n) is 8.35. The molecule has 4 heteroatoms. The molecule has 0 amide bonds. The van der Waals surface area contributed by atoms with Gasteiger partial charge in [-0.2, -0.15) is 0 Å². The molecule has 4 nitrogen and oxygen atoms in total. The van der Waals surface area contributed by atoms with Gasteiger partial charge in [-0.3, -0.25) is 0 Å². The third-order valence-corrected chi connectivity index (χ3v) is 2.64. The molecular formula is C11H15N3O. The van der Waals surface area contributed by atoms with E-state index in [0.717, 1.165) is 16.5 Å². The zero-order valence-corrected chi connectivity index (χ0v) is 8.35. The number of aliphatic hydroxyl groups excluding tert-OH is 1. The van der Waals surface area contributed by atoms with Crippen molar-refractivity contribution in [1.82, 2.24) is 4.98 Å². The van der Waals surface area contributed by atoms with Crippen LogP contribution in [-0.2, 0) is 0 Å². The summed E-state index contributed by atoms with van der Waals surface area (Å²) < 4.78 is 0. The van der Waals surface area contributed by atoms with Crippen LogP contribution in [-0.4, -0.2) is 22.7 Å². The smallest absolute Gasteiger partial charge is 0.0855 e. The molecule has 1 heterocycles. The number of aromatic nitrogens is 1. The molecule has 0 spiro atoms. The summed E-state index contributed by atoms with van der Waals surface area (Å²) in [5.74, 6) is 0. The van der Waals surface area contributed by atoms with Gasteiger partial charge in [0, 0.05) is 23.6 Å². The van der Waals surface area contributed by atoms with Gasteiger partial charge in [-0.25, -0.2) is 0 Å². The van der Waals surface area contributed by atoms with Crippen LogP contribution < -0.4 is 11.5 Å². The number of aromatic amines is 1. The average Bonchev–Trinajstić information content (AvgIpc) is 2.70. The first-order chi connectivity index (χ1) is 7.24.